The Labute approximate surface area is 237 Å². The first-order valence-electron chi connectivity index (χ1n) is 14.2. The van der Waals surface area contributed by atoms with Crippen molar-refractivity contribution in [2.24, 2.45) is 5.10 Å². The van der Waals surface area contributed by atoms with Crippen molar-refractivity contribution in [1.82, 2.24) is 5.01 Å². The number of rotatable bonds is 9. The smallest absolute Gasteiger partial charge is 0.275 e. The molecule has 3 aromatic carbocycles. The summed E-state index contributed by atoms with van der Waals surface area (Å²) in [5.41, 5.74) is 4.82. The van der Waals surface area contributed by atoms with Crippen LogP contribution in [0.15, 0.2) is 65.8 Å². The Bertz CT molecular complexity index is 1430. The predicted molar refractivity (Wildman–Crippen MR) is 161 cm³/mol. The van der Waals surface area contributed by atoms with E-state index < -0.39 is 5.54 Å². The van der Waals surface area contributed by atoms with E-state index in [1.807, 2.05) is 24.3 Å². The number of ketones is 1. The van der Waals surface area contributed by atoms with Gasteiger partial charge in [-0.1, -0.05) is 30.3 Å². The first-order chi connectivity index (χ1) is 19.3. The van der Waals surface area contributed by atoms with Gasteiger partial charge in [0, 0.05) is 84.1 Å². The molecule has 0 radical (unpaired) electrons. The van der Waals surface area contributed by atoms with E-state index in [0.717, 1.165) is 54.2 Å². The molecule has 2 aliphatic heterocycles. The summed E-state index contributed by atoms with van der Waals surface area (Å²) in [5.74, 6) is 1.20. The molecule has 1 amide bonds. The zero-order chi connectivity index (χ0) is 28.6. The van der Waals surface area contributed by atoms with E-state index >= 15 is 0 Å². The minimum atomic E-state index is -1.04. The number of fused-ring (bicyclic) bond motifs is 6. The van der Waals surface area contributed by atoms with Crippen LogP contribution < -0.4 is 14.5 Å². The molecule has 1 spiro atoms. The minimum Gasteiger partial charge on any atom is -0.456 e. The molecule has 3 aromatic rings. The number of Topliss-reactive ketones (excluding diaryl/α,β-unsaturated/α-hetero) is 1. The Kier molecular flexibility index (Phi) is 7.41. The van der Waals surface area contributed by atoms with Crippen molar-refractivity contribution in [3.8, 4) is 11.5 Å². The van der Waals surface area contributed by atoms with Crippen LogP contribution in [-0.2, 0) is 10.3 Å². The minimum absolute atomic E-state index is 0.0000308. The van der Waals surface area contributed by atoms with Gasteiger partial charge in [-0.25, -0.2) is 5.01 Å². The molecule has 2 aliphatic rings. The number of hydrazone groups is 1. The van der Waals surface area contributed by atoms with E-state index in [1.165, 1.54) is 6.92 Å². The molecule has 0 bridgehead atoms. The van der Waals surface area contributed by atoms with Crippen LogP contribution >= 0.6 is 0 Å². The van der Waals surface area contributed by atoms with Gasteiger partial charge in [0.1, 0.15) is 22.8 Å². The second-order valence-corrected chi connectivity index (χ2v) is 10.4. The molecule has 0 aromatic heterocycles. The van der Waals surface area contributed by atoms with Crippen LogP contribution in [0.3, 0.4) is 0 Å². The Morgan fingerprint density at radius 3 is 1.82 bits per heavy atom. The molecule has 0 fully saturated rings. The first-order valence-corrected chi connectivity index (χ1v) is 14.2. The molecule has 208 valence electrons. The van der Waals surface area contributed by atoms with Crippen molar-refractivity contribution < 1.29 is 14.3 Å². The summed E-state index contributed by atoms with van der Waals surface area (Å²) in [4.78, 5) is 30.7. The van der Waals surface area contributed by atoms with Gasteiger partial charge in [0.05, 0.1) is 0 Å². The van der Waals surface area contributed by atoms with E-state index in [0.29, 0.717) is 22.8 Å². The third-order valence-electron chi connectivity index (χ3n) is 8.02. The zero-order valence-electron chi connectivity index (χ0n) is 24.3. The number of anilines is 2. The van der Waals surface area contributed by atoms with E-state index in [-0.39, 0.29) is 18.1 Å². The highest BCUT2D eigenvalue weighted by atomic mass is 16.5. The van der Waals surface area contributed by atoms with Crippen molar-refractivity contribution >= 4 is 28.8 Å². The fourth-order valence-corrected chi connectivity index (χ4v) is 6.19. The number of nitrogens with zero attached hydrogens (tertiary/aromatic N) is 4. The fourth-order valence-electron chi connectivity index (χ4n) is 6.19. The molecule has 0 saturated carbocycles. The van der Waals surface area contributed by atoms with E-state index in [2.05, 4.69) is 73.9 Å². The number of benzene rings is 3. The molecule has 40 heavy (non-hydrogen) atoms. The number of ether oxygens (including phenoxy) is 1. The number of hydrogen-bond acceptors (Lipinski definition) is 6. The highest BCUT2D eigenvalue weighted by Crippen LogP contribution is 2.58. The molecule has 0 N–H and O–H groups in total. The molecule has 7 nitrogen and oxygen atoms in total. The number of carbonyl (C=O) groups is 2. The number of amides is 1. The Morgan fingerprint density at radius 1 is 0.800 bits per heavy atom. The second-order valence-electron chi connectivity index (χ2n) is 10.4. The molecular weight excluding hydrogens is 500 g/mol. The van der Waals surface area contributed by atoms with Crippen molar-refractivity contribution in [3.63, 3.8) is 0 Å². The van der Waals surface area contributed by atoms with Gasteiger partial charge in [-0.2, -0.15) is 5.10 Å². The number of hydrogen-bond donors (Lipinski definition) is 0. The van der Waals surface area contributed by atoms with Crippen LogP contribution in [-0.4, -0.2) is 48.6 Å². The monoisotopic (exact) mass is 538 g/mol. The average molecular weight is 539 g/mol. The Hall–Kier alpha value is -4.13. The predicted octanol–water partition coefficient (Wildman–Crippen LogP) is 6.59. The van der Waals surface area contributed by atoms with Crippen LogP contribution in [0.25, 0.3) is 0 Å². The normalized spacial score (nSPS) is 14.9. The van der Waals surface area contributed by atoms with Gasteiger partial charge >= 0.3 is 0 Å². The lowest BCUT2D eigenvalue weighted by atomic mass is 9.75. The summed E-state index contributed by atoms with van der Waals surface area (Å²) < 4.78 is 6.70. The molecule has 5 rings (SSSR count). The summed E-state index contributed by atoms with van der Waals surface area (Å²) in [6.45, 7) is 15.4. The van der Waals surface area contributed by atoms with Crippen LogP contribution in [0.1, 0.15) is 75.0 Å². The number of carbonyl (C=O) groups excluding carboxylic acids is 2. The van der Waals surface area contributed by atoms with Crippen LogP contribution in [0.4, 0.5) is 11.4 Å². The van der Waals surface area contributed by atoms with Crippen LogP contribution in [0, 0.1) is 0 Å². The Morgan fingerprint density at radius 2 is 1.32 bits per heavy atom. The van der Waals surface area contributed by atoms with Crippen molar-refractivity contribution in [2.45, 2.75) is 53.5 Å². The molecule has 0 unspecified atom stereocenters. The zero-order valence-corrected chi connectivity index (χ0v) is 24.3. The van der Waals surface area contributed by atoms with E-state index in [9.17, 15) is 9.59 Å². The molecule has 2 heterocycles. The summed E-state index contributed by atoms with van der Waals surface area (Å²) in [5, 5.41) is 6.46. The topological polar surface area (TPSA) is 65.5 Å². The van der Waals surface area contributed by atoms with E-state index in [4.69, 9.17) is 9.84 Å². The first kappa shape index (κ1) is 27.4. The van der Waals surface area contributed by atoms with Crippen molar-refractivity contribution in [3.05, 3.63) is 82.9 Å². The summed E-state index contributed by atoms with van der Waals surface area (Å²) in [6.07, 6.45) is 0.175. The third-order valence-corrected chi connectivity index (χ3v) is 8.02. The molecular formula is C33H38N4O3. The lowest BCUT2D eigenvalue weighted by molar-refractivity contribution is -0.115. The standard InChI is InChI=1S/C33H38N4O3/c1-7-35(8-2)24-15-17-28-30(20-24)40-31-21-25(36(9-3)10-4)16-18-29(31)33(28)27-14-12-11-13-26(27)32(39)37(33)34-22(5)19-23(6)38/h11-18,20-21H,7-10,19H2,1-6H3. The molecule has 7 heteroatoms. The van der Waals surface area contributed by atoms with Gasteiger partial charge in [-0.3, -0.25) is 9.59 Å². The van der Waals surface area contributed by atoms with Gasteiger partial charge in [0.25, 0.3) is 5.91 Å². The largest absolute Gasteiger partial charge is 0.456 e. The van der Waals surface area contributed by atoms with Gasteiger partial charge < -0.3 is 14.5 Å². The second kappa shape index (κ2) is 10.8. The summed E-state index contributed by atoms with van der Waals surface area (Å²) in [7, 11) is 0. The van der Waals surface area contributed by atoms with Gasteiger partial charge in [0.2, 0.25) is 0 Å². The maximum absolute atomic E-state index is 14.1. The maximum Gasteiger partial charge on any atom is 0.275 e. The van der Waals surface area contributed by atoms with Gasteiger partial charge in [-0.05, 0) is 59.7 Å². The molecule has 0 saturated heterocycles. The van der Waals surface area contributed by atoms with Crippen molar-refractivity contribution in [2.75, 3.05) is 36.0 Å². The molecule has 0 aliphatic carbocycles. The van der Waals surface area contributed by atoms with Gasteiger partial charge in [-0.15, -0.1) is 0 Å². The third kappa shape index (κ3) is 4.24. The maximum atomic E-state index is 14.1. The average Bonchev–Trinajstić information content (AvgIpc) is 3.18. The lowest BCUT2D eigenvalue weighted by Gasteiger charge is -2.42. The van der Waals surface area contributed by atoms with Crippen LogP contribution in [0.2, 0.25) is 0 Å². The summed E-state index contributed by atoms with van der Waals surface area (Å²) >= 11 is 0. The Balaban J connectivity index is 1.85. The SMILES string of the molecule is CCN(CC)c1ccc2c(c1)Oc1cc(N(CC)CC)ccc1C21c2ccccc2C(=O)N1N=C(C)CC(C)=O. The highest BCUT2D eigenvalue weighted by molar-refractivity contribution is 6.04. The lowest BCUT2D eigenvalue weighted by Crippen LogP contribution is -2.45. The fraction of sp³-hybridized carbons (Fsp3) is 0.364. The molecule has 0 atom stereocenters. The van der Waals surface area contributed by atoms with Crippen molar-refractivity contribution in [1.29, 1.82) is 0 Å². The quantitative estimate of drug-likeness (QED) is 0.288. The highest BCUT2D eigenvalue weighted by Gasteiger charge is 2.57. The summed E-state index contributed by atoms with van der Waals surface area (Å²) in [6, 6.07) is 20.2. The van der Waals surface area contributed by atoms with Gasteiger partial charge in [0.15, 0.2) is 0 Å². The van der Waals surface area contributed by atoms with Crippen LogP contribution in [0.5, 0.6) is 11.5 Å². The van der Waals surface area contributed by atoms with E-state index in [1.54, 1.807) is 11.9 Å².